The van der Waals surface area contributed by atoms with Crippen molar-refractivity contribution in [3.63, 3.8) is 0 Å². The monoisotopic (exact) mass is 415 g/mol. The van der Waals surface area contributed by atoms with Crippen molar-refractivity contribution >= 4 is 32.4 Å². The van der Waals surface area contributed by atoms with Crippen molar-refractivity contribution in [3.8, 4) is 11.1 Å². The van der Waals surface area contributed by atoms with Crippen LogP contribution in [0.15, 0.2) is 67.0 Å². The number of nitrogens with zero attached hydrogens (tertiary/aromatic N) is 4. The van der Waals surface area contributed by atoms with Crippen LogP contribution in [0.5, 0.6) is 0 Å². The Hall–Kier alpha value is -2.96. The lowest BCUT2D eigenvalue weighted by Gasteiger charge is -2.34. The molecule has 1 aliphatic rings. The van der Waals surface area contributed by atoms with Gasteiger partial charge in [-0.25, -0.2) is 4.98 Å². The van der Waals surface area contributed by atoms with Crippen molar-refractivity contribution in [2.45, 2.75) is 6.54 Å². The van der Waals surface area contributed by atoms with Gasteiger partial charge in [0.1, 0.15) is 0 Å². The number of piperazine rings is 1. The lowest BCUT2D eigenvalue weighted by Crippen LogP contribution is -2.44. The molecule has 6 heteroatoms. The van der Waals surface area contributed by atoms with Crippen molar-refractivity contribution in [2.75, 3.05) is 43.4 Å². The number of fused-ring (bicyclic) bond motifs is 1. The van der Waals surface area contributed by atoms with Gasteiger partial charge in [0.2, 0.25) is 0 Å². The number of nitrogens with one attached hydrogen (secondary N) is 1. The van der Waals surface area contributed by atoms with Gasteiger partial charge in [-0.15, -0.1) is 0 Å². The molecule has 30 heavy (non-hydrogen) atoms. The van der Waals surface area contributed by atoms with E-state index in [-0.39, 0.29) is 0 Å². The second kappa shape index (κ2) is 8.42. The predicted molar refractivity (Wildman–Crippen MR) is 126 cm³/mol. The fraction of sp³-hybridized carbons (Fsp3) is 0.250. The van der Waals surface area contributed by atoms with Crippen molar-refractivity contribution in [1.82, 2.24) is 14.9 Å². The molecule has 0 aliphatic carbocycles. The van der Waals surface area contributed by atoms with Crippen molar-refractivity contribution in [1.29, 1.82) is 0 Å². The Kier molecular flexibility index (Phi) is 5.34. The van der Waals surface area contributed by atoms with Crippen LogP contribution in [0.1, 0.15) is 5.56 Å². The van der Waals surface area contributed by atoms with Crippen LogP contribution in [0.25, 0.3) is 21.3 Å². The highest BCUT2D eigenvalue weighted by Gasteiger charge is 2.14. The number of rotatable bonds is 5. The summed E-state index contributed by atoms with van der Waals surface area (Å²) in [6.07, 6.45) is 3.66. The van der Waals surface area contributed by atoms with E-state index in [2.05, 4.69) is 69.6 Å². The number of thiazole rings is 1. The van der Waals surface area contributed by atoms with Crippen molar-refractivity contribution in [3.05, 3.63) is 72.6 Å². The van der Waals surface area contributed by atoms with Gasteiger partial charge in [-0.2, -0.15) is 0 Å². The first-order chi connectivity index (χ1) is 14.7. The lowest BCUT2D eigenvalue weighted by atomic mass is 10.1. The smallest absolute Gasteiger partial charge is 0.184 e. The second-order valence-electron chi connectivity index (χ2n) is 7.75. The average molecular weight is 416 g/mol. The third-order valence-electron chi connectivity index (χ3n) is 5.62. The second-order valence-corrected chi connectivity index (χ2v) is 8.78. The van der Waals surface area contributed by atoms with Gasteiger partial charge in [0.05, 0.1) is 10.2 Å². The van der Waals surface area contributed by atoms with E-state index in [4.69, 9.17) is 4.98 Å². The summed E-state index contributed by atoms with van der Waals surface area (Å²) in [4.78, 5) is 13.7. The Balaban J connectivity index is 1.29. The molecule has 2 aromatic carbocycles. The highest BCUT2D eigenvalue weighted by molar-refractivity contribution is 7.22. The summed E-state index contributed by atoms with van der Waals surface area (Å²) in [6.45, 7) is 5.19. The molecule has 0 unspecified atom stereocenters. The zero-order chi connectivity index (χ0) is 20.3. The Morgan fingerprint density at radius 1 is 0.933 bits per heavy atom. The number of hydrogen-bond donors (Lipinski definition) is 1. The van der Waals surface area contributed by atoms with Crippen molar-refractivity contribution < 1.29 is 0 Å². The summed E-state index contributed by atoms with van der Waals surface area (Å²) in [6, 6.07) is 19.4. The quantitative estimate of drug-likeness (QED) is 0.511. The molecule has 5 nitrogen and oxygen atoms in total. The average Bonchev–Trinajstić information content (AvgIpc) is 3.21. The van der Waals surface area contributed by atoms with Crippen LogP contribution in [0.4, 0.5) is 10.8 Å². The van der Waals surface area contributed by atoms with E-state index in [1.54, 1.807) is 11.3 Å². The van der Waals surface area contributed by atoms with Crippen molar-refractivity contribution in [2.24, 2.45) is 0 Å². The van der Waals surface area contributed by atoms with Gasteiger partial charge in [-0.3, -0.25) is 4.98 Å². The first-order valence-electron chi connectivity index (χ1n) is 10.3. The summed E-state index contributed by atoms with van der Waals surface area (Å²) in [7, 11) is 2.19. The van der Waals surface area contributed by atoms with Crippen LogP contribution in [0, 0.1) is 0 Å². The molecule has 5 rings (SSSR count). The van der Waals surface area contributed by atoms with E-state index >= 15 is 0 Å². The van der Waals surface area contributed by atoms with E-state index in [0.29, 0.717) is 0 Å². The maximum atomic E-state index is 4.76. The first kappa shape index (κ1) is 19.0. The molecule has 0 atom stereocenters. The molecule has 0 bridgehead atoms. The molecular formula is C24H25N5S. The summed E-state index contributed by atoms with van der Waals surface area (Å²) in [5.41, 5.74) is 6.00. The highest BCUT2D eigenvalue weighted by atomic mass is 32.1. The van der Waals surface area contributed by atoms with E-state index in [1.165, 1.54) is 27.1 Å². The molecule has 4 aromatic rings. The first-order valence-corrected chi connectivity index (χ1v) is 11.1. The molecule has 1 saturated heterocycles. The Morgan fingerprint density at radius 3 is 2.60 bits per heavy atom. The molecule has 152 valence electrons. The maximum Gasteiger partial charge on any atom is 0.184 e. The minimum atomic E-state index is 0.776. The van der Waals surface area contributed by atoms with Gasteiger partial charge in [0, 0.05) is 50.8 Å². The minimum Gasteiger partial charge on any atom is -0.369 e. The summed E-state index contributed by atoms with van der Waals surface area (Å²) >= 11 is 1.70. The normalized spacial score (nSPS) is 14.9. The van der Waals surface area contributed by atoms with E-state index in [9.17, 15) is 0 Å². The predicted octanol–water partition coefficient (Wildman–Crippen LogP) is 4.72. The molecule has 1 aliphatic heterocycles. The zero-order valence-electron chi connectivity index (χ0n) is 17.1. The van der Waals surface area contributed by atoms with Gasteiger partial charge in [-0.1, -0.05) is 29.5 Å². The third-order valence-corrected chi connectivity index (χ3v) is 6.60. The molecule has 2 aromatic heterocycles. The summed E-state index contributed by atoms with van der Waals surface area (Å²) < 4.78 is 1.19. The van der Waals surface area contributed by atoms with E-state index in [0.717, 1.165) is 43.4 Å². The molecule has 0 amide bonds. The molecule has 3 heterocycles. The van der Waals surface area contributed by atoms with Crippen LogP contribution < -0.4 is 10.2 Å². The SMILES string of the molecule is CN1CCN(c2cccc(CNc3nc4ccc(-c5ccncc5)cc4s3)c2)CC1. The van der Waals surface area contributed by atoms with Crippen LogP contribution in [0.2, 0.25) is 0 Å². The van der Waals surface area contributed by atoms with Crippen LogP contribution >= 0.6 is 11.3 Å². The maximum absolute atomic E-state index is 4.76. The number of pyridine rings is 1. The standard InChI is InChI=1S/C24H25N5S/c1-28-11-13-29(14-12-28)21-4-2-3-18(15-21)17-26-24-27-22-6-5-20(16-23(22)30-24)19-7-9-25-10-8-19/h2-10,15-16H,11-14,17H2,1H3,(H,26,27). The summed E-state index contributed by atoms with van der Waals surface area (Å²) in [5.74, 6) is 0. The highest BCUT2D eigenvalue weighted by Crippen LogP contribution is 2.30. The minimum absolute atomic E-state index is 0.776. The fourth-order valence-corrected chi connectivity index (χ4v) is 4.73. The molecular weight excluding hydrogens is 390 g/mol. The molecule has 0 saturated carbocycles. The molecule has 0 spiro atoms. The fourth-order valence-electron chi connectivity index (χ4n) is 3.83. The number of likely N-dealkylation sites (N-methyl/N-ethyl adjacent to an activating group) is 1. The van der Waals surface area contributed by atoms with Crippen LogP contribution in [-0.2, 0) is 6.54 Å². The molecule has 1 N–H and O–H groups in total. The number of aromatic nitrogens is 2. The van der Waals surface area contributed by atoms with Gasteiger partial charge in [-0.05, 0) is 60.1 Å². The number of anilines is 2. The van der Waals surface area contributed by atoms with Gasteiger partial charge in [0.25, 0.3) is 0 Å². The van der Waals surface area contributed by atoms with Gasteiger partial charge < -0.3 is 15.1 Å². The Bertz CT molecular complexity index is 1130. The number of benzene rings is 2. The van der Waals surface area contributed by atoms with Gasteiger partial charge in [0.15, 0.2) is 5.13 Å². The number of hydrogen-bond acceptors (Lipinski definition) is 6. The summed E-state index contributed by atoms with van der Waals surface area (Å²) in [5, 5.41) is 4.48. The largest absolute Gasteiger partial charge is 0.369 e. The molecule has 0 radical (unpaired) electrons. The third kappa shape index (κ3) is 4.15. The topological polar surface area (TPSA) is 44.3 Å². The Labute approximate surface area is 181 Å². The van der Waals surface area contributed by atoms with Crippen LogP contribution in [0.3, 0.4) is 0 Å². The lowest BCUT2D eigenvalue weighted by molar-refractivity contribution is 0.313. The van der Waals surface area contributed by atoms with E-state index in [1.807, 2.05) is 24.5 Å². The molecule has 1 fully saturated rings. The van der Waals surface area contributed by atoms with Gasteiger partial charge >= 0.3 is 0 Å². The Morgan fingerprint density at radius 2 is 1.77 bits per heavy atom. The van der Waals surface area contributed by atoms with E-state index < -0.39 is 0 Å². The zero-order valence-corrected chi connectivity index (χ0v) is 17.9. The van der Waals surface area contributed by atoms with Crippen LogP contribution in [-0.4, -0.2) is 48.1 Å².